The van der Waals surface area contributed by atoms with E-state index in [4.69, 9.17) is 10.1 Å². The van der Waals surface area contributed by atoms with Crippen LogP contribution in [0.1, 0.15) is 68.0 Å². The summed E-state index contributed by atoms with van der Waals surface area (Å²) >= 11 is 0. The Morgan fingerprint density at radius 2 is 1.27 bits per heavy atom. The first-order valence-corrected chi connectivity index (χ1v) is 20.7. The molecule has 1 aliphatic heterocycles. The molecule has 5 nitrogen and oxygen atoms in total. The second-order valence-corrected chi connectivity index (χ2v) is 17.9. The standard InChI is InChI=1S/C54H49N5/c1-34-28-35(2)51(36(3)29-34)43-33-57(56-52(43)37-16-10-9-11-17-37)39-23-25-45-49(31-39)58(47-21-15-13-19-44(47)54(45,7)8)40-22-24-42-41-18-12-14-20-46(41)59(48(42)32-40)50-30-38(26-27-55-50)53(4,5)6/h9-33H,1-8H3. The maximum Gasteiger partial charge on any atom is 0.137 e. The van der Waals surface area contributed by atoms with Crippen molar-refractivity contribution >= 4 is 38.9 Å². The van der Waals surface area contributed by atoms with E-state index < -0.39 is 0 Å². The molecule has 0 bridgehead atoms. The Labute approximate surface area is 347 Å². The van der Waals surface area contributed by atoms with Crippen molar-refractivity contribution < 1.29 is 0 Å². The van der Waals surface area contributed by atoms with E-state index in [1.807, 2.05) is 6.20 Å². The first-order valence-electron chi connectivity index (χ1n) is 20.7. The summed E-state index contributed by atoms with van der Waals surface area (Å²) in [4.78, 5) is 7.44. The predicted molar refractivity (Wildman–Crippen MR) is 246 cm³/mol. The number of rotatable bonds is 5. The number of anilines is 3. The lowest BCUT2D eigenvalue weighted by Gasteiger charge is -2.42. The number of aryl methyl sites for hydroxylation is 3. The Balaban J connectivity index is 1.20. The van der Waals surface area contributed by atoms with Crippen LogP contribution in [0.15, 0.2) is 152 Å². The molecule has 9 aromatic rings. The number of aromatic nitrogens is 4. The molecule has 0 amide bonds. The smallest absolute Gasteiger partial charge is 0.137 e. The van der Waals surface area contributed by atoms with Crippen LogP contribution in [0.4, 0.5) is 17.1 Å². The minimum Gasteiger partial charge on any atom is -0.310 e. The Kier molecular flexibility index (Phi) is 8.33. The summed E-state index contributed by atoms with van der Waals surface area (Å²) < 4.78 is 4.42. The normalized spacial score (nSPS) is 13.5. The van der Waals surface area contributed by atoms with Crippen molar-refractivity contribution in [2.24, 2.45) is 0 Å². The number of para-hydroxylation sites is 2. The fourth-order valence-corrected chi connectivity index (χ4v) is 9.58. The van der Waals surface area contributed by atoms with Crippen molar-refractivity contribution in [3.8, 4) is 33.9 Å². The number of pyridine rings is 1. The molecular formula is C54H49N5. The molecule has 290 valence electrons. The van der Waals surface area contributed by atoms with Gasteiger partial charge in [0.1, 0.15) is 11.5 Å². The average molecular weight is 768 g/mol. The molecule has 6 aromatic carbocycles. The quantitative estimate of drug-likeness (QED) is 0.175. The highest BCUT2D eigenvalue weighted by molar-refractivity contribution is 6.10. The Morgan fingerprint density at radius 3 is 2.05 bits per heavy atom. The maximum atomic E-state index is 5.38. The second-order valence-electron chi connectivity index (χ2n) is 17.9. The summed E-state index contributed by atoms with van der Waals surface area (Å²) in [6.07, 6.45) is 4.18. The highest BCUT2D eigenvalue weighted by Crippen LogP contribution is 2.53. The van der Waals surface area contributed by atoms with Gasteiger partial charge >= 0.3 is 0 Å². The van der Waals surface area contributed by atoms with E-state index in [9.17, 15) is 0 Å². The van der Waals surface area contributed by atoms with Crippen LogP contribution in [-0.2, 0) is 10.8 Å². The van der Waals surface area contributed by atoms with Gasteiger partial charge in [0.2, 0.25) is 0 Å². The summed E-state index contributed by atoms with van der Waals surface area (Å²) in [6.45, 7) is 18.1. The first-order chi connectivity index (χ1) is 28.4. The van der Waals surface area contributed by atoms with Gasteiger partial charge in [-0.3, -0.25) is 4.57 Å². The van der Waals surface area contributed by atoms with E-state index in [-0.39, 0.29) is 10.8 Å². The van der Waals surface area contributed by atoms with Crippen molar-refractivity contribution in [3.05, 3.63) is 185 Å². The van der Waals surface area contributed by atoms with Crippen molar-refractivity contribution in [2.75, 3.05) is 4.90 Å². The number of benzene rings is 6. The van der Waals surface area contributed by atoms with Gasteiger partial charge in [0.05, 0.1) is 28.1 Å². The van der Waals surface area contributed by atoms with Crippen LogP contribution in [0.2, 0.25) is 0 Å². The predicted octanol–water partition coefficient (Wildman–Crippen LogP) is 14.0. The van der Waals surface area contributed by atoms with Gasteiger partial charge in [-0.05, 0) is 108 Å². The van der Waals surface area contributed by atoms with Crippen LogP contribution in [0.25, 0.3) is 55.7 Å². The summed E-state index contributed by atoms with van der Waals surface area (Å²) in [5.74, 6) is 0.923. The highest BCUT2D eigenvalue weighted by atomic mass is 15.3. The van der Waals surface area contributed by atoms with E-state index in [2.05, 4.69) is 215 Å². The van der Waals surface area contributed by atoms with Crippen LogP contribution < -0.4 is 4.90 Å². The van der Waals surface area contributed by atoms with Gasteiger partial charge < -0.3 is 4.90 Å². The van der Waals surface area contributed by atoms with Gasteiger partial charge in [-0.1, -0.05) is 131 Å². The molecule has 0 unspecified atom stereocenters. The molecule has 0 aliphatic carbocycles. The molecule has 10 rings (SSSR count). The monoisotopic (exact) mass is 767 g/mol. The van der Waals surface area contributed by atoms with Crippen molar-refractivity contribution in [1.29, 1.82) is 0 Å². The highest BCUT2D eigenvalue weighted by Gasteiger charge is 2.37. The van der Waals surface area contributed by atoms with Gasteiger partial charge in [-0.15, -0.1) is 0 Å². The molecule has 0 saturated carbocycles. The minimum absolute atomic E-state index is 0.0116. The van der Waals surface area contributed by atoms with E-state index in [0.717, 1.165) is 50.7 Å². The molecule has 4 heterocycles. The fraction of sp³-hybridized carbons (Fsp3) is 0.185. The average Bonchev–Trinajstić information content (AvgIpc) is 3.80. The zero-order valence-electron chi connectivity index (χ0n) is 35.2. The summed E-state index contributed by atoms with van der Waals surface area (Å²) in [5.41, 5.74) is 18.5. The lowest BCUT2D eigenvalue weighted by Crippen LogP contribution is -2.30. The van der Waals surface area contributed by atoms with Crippen LogP contribution >= 0.6 is 0 Å². The number of nitrogens with zero attached hydrogens (tertiary/aromatic N) is 5. The molecule has 0 radical (unpaired) electrons. The lowest BCUT2D eigenvalue weighted by molar-refractivity contribution is 0.588. The SMILES string of the molecule is Cc1cc(C)c(-c2cn(-c3ccc4c(c3)N(c3ccc5c6ccccc6n(-c6cc(C(C)(C)C)ccn6)c5c3)c3ccccc3C4(C)C)nc2-c2ccccc2)c(C)c1. The number of hydrogen-bond acceptors (Lipinski definition) is 3. The first kappa shape index (κ1) is 36.6. The molecule has 1 aliphatic rings. The largest absolute Gasteiger partial charge is 0.310 e. The van der Waals surface area contributed by atoms with Gasteiger partial charge in [-0.25, -0.2) is 9.67 Å². The number of hydrogen-bond donors (Lipinski definition) is 0. The zero-order chi connectivity index (χ0) is 40.8. The molecule has 0 N–H and O–H groups in total. The van der Waals surface area contributed by atoms with Crippen LogP contribution in [-0.4, -0.2) is 19.3 Å². The molecule has 5 heteroatoms. The summed E-state index contributed by atoms with van der Waals surface area (Å²) in [5, 5.41) is 7.79. The third kappa shape index (κ3) is 5.90. The molecule has 3 aromatic heterocycles. The summed E-state index contributed by atoms with van der Waals surface area (Å²) in [6, 6.07) is 50.9. The molecule has 0 atom stereocenters. The van der Waals surface area contributed by atoms with Gasteiger partial charge in [0.15, 0.2) is 0 Å². The van der Waals surface area contributed by atoms with Crippen LogP contribution in [0.3, 0.4) is 0 Å². The van der Waals surface area contributed by atoms with Gasteiger partial charge in [-0.2, -0.15) is 5.10 Å². The van der Waals surface area contributed by atoms with E-state index >= 15 is 0 Å². The molecular weight excluding hydrogens is 719 g/mol. The fourth-order valence-electron chi connectivity index (χ4n) is 9.58. The zero-order valence-corrected chi connectivity index (χ0v) is 35.2. The van der Waals surface area contributed by atoms with Crippen molar-refractivity contribution in [1.82, 2.24) is 19.3 Å². The number of fused-ring (bicyclic) bond motifs is 5. The van der Waals surface area contributed by atoms with Gasteiger partial charge in [0, 0.05) is 45.4 Å². The van der Waals surface area contributed by atoms with Crippen LogP contribution in [0.5, 0.6) is 0 Å². The molecule has 0 saturated heterocycles. The molecule has 0 fully saturated rings. The van der Waals surface area contributed by atoms with Gasteiger partial charge in [0.25, 0.3) is 0 Å². The van der Waals surface area contributed by atoms with E-state index in [1.165, 1.54) is 55.4 Å². The topological polar surface area (TPSA) is 38.9 Å². The lowest BCUT2D eigenvalue weighted by atomic mass is 9.73. The van der Waals surface area contributed by atoms with Crippen LogP contribution in [0, 0.1) is 20.8 Å². The Bertz CT molecular complexity index is 3080. The Morgan fingerprint density at radius 1 is 0.593 bits per heavy atom. The van der Waals surface area contributed by atoms with Crippen molar-refractivity contribution in [2.45, 2.75) is 66.2 Å². The minimum atomic E-state index is -0.238. The van der Waals surface area contributed by atoms with E-state index in [1.54, 1.807) is 0 Å². The Hall–Kier alpha value is -6.72. The second kappa shape index (κ2) is 13.4. The third-order valence-electron chi connectivity index (χ3n) is 12.4. The third-order valence-corrected chi connectivity index (χ3v) is 12.4. The molecule has 0 spiro atoms. The maximum absolute atomic E-state index is 5.38. The van der Waals surface area contributed by atoms with Crippen molar-refractivity contribution in [3.63, 3.8) is 0 Å². The van der Waals surface area contributed by atoms with E-state index in [0.29, 0.717) is 0 Å². The summed E-state index contributed by atoms with van der Waals surface area (Å²) in [7, 11) is 0. The molecule has 59 heavy (non-hydrogen) atoms.